The smallest absolute Gasteiger partial charge is 0.258 e. The molecule has 3 heteroatoms. The highest BCUT2D eigenvalue weighted by Gasteiger charge is 2.16. The minimum atomic E-state index is 0.0291. The third kappa shape index (κ3) is 3.52. The van der Waals surface area contributed by atoms with Gasteiger partial charge in [-0.1, -0.05) is 61.9 Å². The van der Waals surface area contributed by atoms with Crippen molar-refractivity contribution in [2.75, 3.05) is 6.61 Å². The van der Waals surface area contributed by atoms with Crippen molar-refractivity contribution in [3.05, 3.63) is 70.0 Å². The van der Waals surface area contributed by atoms with Crippen LogP contribution in [0.25, 0.3) is 22.0 Å². The number of hydrogen-bond acceptors (Lipinski definition) is 2. The highest BCUT2D eigenvalue weighted by molar-refractivity contribution is 5.90. The lowest BCUT2D eigenvalue weighted by Gasteiger charge is -2.18. The Morgan fingerprint density at radius 2 is 1.76 bits per heavy atom. The standard InChI is InChI=1S/C22H25NO2/c1-15(2)13-25-14-20-19-12-16(3)10-11-18(19)22(24)23(4)21(20)17-8-6-5-7-9-17/h5-12,15H,13-14H2,1-4H3. The lowest BCUT2D eigenvalue weighted by atomic mass is 9.98. The topological polar surface area (TPSA) is 31.2 Å². The van der Waals surface area contributed by atoms with Crippen LogP contribution in [0.3, 0.4) is 0 Å². The Labute approximate surface area is 148 Å². The summed E-state index contributed by atoms with van der Waals surface area (Å²) >= 11 is 0. The zero-order valence-corrected chi connectivity index (χ0v) is 15.4. The van der Waals surface area contributed by atoms with E-state index in [0.717, 1.165) is 33.2 Å². The van der Waals surface area contributed by atoms with Gasteiger partial charge in [-0.25, -0.2) is 0 Å². The van der Waals surface area contributed by atoms with E-state index in [1.54, 1.807) is 4.57 Å². The number of rotatable bonds is 5. The maximum absolute atomic E-state index is 12.9. The highest BCUT2D eigenvalue weighted by atomic mass is 16.5. The van der Waals surface area contributed by atoms with Crippen LogP contribution in [0.4, 0.5) is 0 Å². The fraction of sp³-hybridized carbons (Fsp3) is 0.318. The summed E-state index contributed by atoms with van der Waals surface area (Å²) in [6.07, 6.45) is 0. The molecule has 1 heterocycles. The number of hydrogen-bond donors (Lipinski definition) is 0. The molecule has 0 radical (unpaired) electrons. The van der Waals surface area contributed by atoms with Crippen LogP contribution < -0.4 is 5.56 Å². The second-order valence-corrected chi connectivity index (χ2v) is 7.02. The lowest BCUT2D eigenvalue weighted by molar-refractivity contribution is 0.0978. The molecule has 0 aliphatic rings. The Hall–Kier alpha value is -2.39. The Bertz CT molecular complexity index is 940. The zero-order chi connectivity index (χ0) is 18.0. The van der Waals surface area contributed by atoms with E-state index in [4.69, 9.17) is 4.74 Å². The van der Waals surface area contributed by atoms with Crippen LogP contribution in [-0.4, -0.2) is 11.2 Å². The second-order valence-electron chi connectivity index (χ2n) is 7.02. The minimum Gasteiger partial charge on any atom is -0.376 e. The van der Waals surface area contributed by atoms with Crippen LogP contribution in [0.2, 0.25) is 0 Å². The molecule has 0 spiro atoms. The Morgan fingerprint density at radius 3 is 2.44 bits per heavy atom. The molecule has 0 atom stereocenters. The molecule has 0 saturated carbocycles. The molecule has 3 nitrogen and oxygen atoms in total. The number of pyridine rings is 1. The first kappa shape index (κ1) is 17.4. The molecule has 2 aromatic carbocycles. The van der Waals surface area contributed by atoms with Crippen LogP contribution in [0.15, 0.2) is 53.3 Å². The van der Waals surface area contributed by atoms with Crippen molar-refractivity contribution in [3.8, 4) is 11.3 Å². The molecule has 3 aromatic rings. The van der Waals surface area contributed by atoms with Gasteiger partial charge in [-0.15, -0.1) is 0 Å². The molecule has 0 bridgehead atoms. The molecule has 0 fully saturated rings. The van der Waals surface area contributed by atoms with Gasteiger partial charge in [-0.3, -0.25) is 4.79 Å². The predicted octanol–water partition coefficient (Wildman–Crippen LogP) is 4.69. The monoisotopic (exact) mass is 335 g/mol. The fourth-order valence-corrected chi connectivity index (χ4v) is 3.21. The number of aryl methyl sites for hydroxylation is 1. The van der Waals surface area contributed by atoms with Gasteiger partial charge in [-0.2, -0.15) is 0 Å². The Kier molecular flexibility index (Phi) is 5.05. The summed E-state index contributed by atoms with van der Waals surface area (Å²) in [7, 11) is 1.84. The number of fused-ring (bicyclic) bond motifs is 1. The molecule has 0 unspecified atom stereocenters. The number of benzene rings is 2. The molecular weight excluding hydrogens is 310 g/mol. The van der Waals surface area contributed by atoms with Crippen LogP contribution in [0, 0.1) is 12.8 Å². The van der Waals surface area contributed by atoms with Crippen molar-refractivity contribution < 1.29 is 4.74 Å². The van der Waals surface area contributed by atoms with E-state index in [-0.39, 0.29) is 5.56 Å². The van der Waals surface area contributed by atoms with E-state index in [0.29, 0.717) is 19.1 Å². The van der Waals surface area contributed by atoms with Crippen LogP contribution in [0.5, 0.6) is 0 Å². The van der Waals surface area contributed by atoms with E-state index in [9.17, 15) is 4.79 Å². The van der Waals surface area contributed by atoms with Gasteiger partial charge < -0.3 is 9.30 Å². The van der Waals surface area contributed by atoms with E-state index >= 15 is 0 Å². The summed E-state index contributed by atoms with van der Waals surface area (Å²) in [5, 5.41) is 1.74. The van der Waals surface area contributed by atoms with Crippen molar-refractivity contribution >= 4 is 10.8 Å². The number of ether oxygens (including phenoxy) is 1. The Morgan fingerprint density at radius 1 is 1.04 bits per heavy atom. The zero-order valence-electron chi connectivity index (χ0n) is 15.4. The first-order valence-corrected chi connectivity index (χ1v) is 8.74. The third-order valence-corrected chi connectivity index (χ3v) is 4.40. The van der Waals surface area contributed by atoms with Gasteiger partial charge in [0, 0.05) is 24.6 Å². The molecule has 1 aromatic heterocycles. The van der Waals surface area contributed by atoms with E-state index in [1.807, 2.05) is 49.5 Å². The first-order chi connectivity index (χ1) is 12.0. The molecule has 0 amide bonds. The van der Waals surface area contributed by atoms with Crippen molar-refractivity contribution in [2.45, 2.75) is 27.4 Å². The summed E-state index contributed by atoms with van der Waals surface area (Å²) in [5.41, 5.74) is 4.22. The maximum atomic E-state index is 12.9. The van der Waals surface area contributed by atoms with Gasteiger partial charge in [0.2, 0.25) is 0 Å². The van der Waals surface area contributed by atoms with Crippen molar-refractivity contribution in [1.29, 1.82) is 0 Å². The van der Waals surface area contributed by atoms with Crippen LogP contribution in [-0.2, 0) is 18.4 Å². The second kappa shape index (κ2) is 7.24. The van der Waals surface area contributed by atoms with E-state index in [1.165, 1.54) is 0 Å². The fourth-order valence-electron chi connectivity index (χ4n) is 3.21. The van der Waals surface area contributed by atoms with E-state index < -0.39 is 0 Å². The average molecular weight is 335 g/mol. The maximum Gasteiger partial charge on any atom is 0.258 e. The molecule has 0 saturated heterocycles. The summed E-state index contributed by atoms with van der Waals surface area (Å²) in [6.45, 7) is 7.53. The molecule has 0 N–H and O–H groups in total. The average Bonchev–Trinajstić information content (AvgIpc) is 2.59. The van der Waals surface area contributed by atoms with Gasteiger partial charge in [-0.05, 0) is 29.9 Å². The summed E-state index contributed by atoms with van der Waals surface area (Å²) in [5.74, 6) is 0.473. The molecular formula is C22H25NO2. The third-order valence-electron chi connectivity index (χ3n) is 4.40. The summed E-state index contributed by atoms with van der Waals surface area (Å²) < 4.78 is 7.72. The predicted molar refractivity (Wildman–Crippen MR) is 104 cm³/mol. The highest BCUT2D eigenvalue weighted by Crippen LogP contribution is 2.29. The minimum absolute atomic E-state index is 0.0291. The van der Waals surface area contributed by atoms with Gasteiger partial charge >= 0.3 is 0 Å². The number of nitrogens with zero attached hydrogens (tertiary/aromatic N) is 1. The molecule has 0 aliphatic carbocycles. The van der Waals surface area contributed by atoms with Gasteiger partial charge in [0.15, 0.2) is 0 Å². The summed E-state index contributed by atoms with van der Waals surface area (Å²) in [4.78, 5) is 12.9. The van der Waals surface area contributed by atoms with Crippen LogP contribution >= 0.6 is 0 Å². The normalized spacial score (nSPS) is 11.4. The van der Waals surface area contributed by atoms with Crippen LogP contribution in [0.1, 0.15) is 25.0 Å². The van der Waals surface area contributed by atoms with Crippen molar-refractivity contribution in [2.24, 2.45) is 13.0 Å². The van der Waals surface area contributed by atoms with Crippen molar-refractivity contribution in [1.82, 2.24) is 4.57 Å². The molecule has 0 aliphatic heterocycles. The SMILES string of the molecule is Cc1ccc2c(=O)n(C)c(-c3ccccc3)c(COCC(C)C)c2c1. The number of aromatic nitrogens is 1. The Balaban J connectivity index is 2.28. The largest absolute Gasteiger partial charge is 0.376 e. The summed E-state index contributed by atoms with van der Waals surface area (Å²) in [6, 6.07) is 16.1. The van der Waals surface area contributed by atoms with Gasteiger partial charge in [0.1, 0.15) is 0 Å². The molecule has 25 heavy (non-hydrogen) atoms. The quantitative estimate of drug-likeness (QED) is 0.677. The first-order valence-electron chi connectivity index (χ1n) is 8.74. The lowest BCUT2D eigenvalue weighted by Crippen LogP contribution is -2.21. The van der Waals surface area contributed by atoms with Crippen molar-refractivity contribution in [3.63, 3.8) is 0 Å². The van der Waals surface area contributed by atoms with Gasteiger partial charge in [0.05, 0.1) is 12.3 Å². The van der Waals surface area contributed by atoms with Gasteiger partial charge in [0.25, 0.3) is 5.56 Å². The van der Waals surface area contributed by atoms with E-state index in [2.05, 4.69) is 26.8 Å². The molecule has 3 rings (SSSR count). The molecule has 130 valence electrons.